The summed E-state index contributed by atoms with van der Waals surface area (Å²) in [6, 6.07) is 6.95. The fourth-order valence-electron chi connectivity index (χ4n) is 2.35. The fourth-order valence-corrected chi connectivity index (χ4v) is 2.35. The summed E-state index contributed by atoms with van der Waals surface area (Å²) in [4.78, 5) is 0. The van der Waals surface area contributed by atoms with Gasteiger partial charge in [0.2, 0.25) is 0 Å². The Labute approximate surface area is 113 Å². The maximum atomic E-state index is 13.5. The van der Waals surface area contributed by atoms with E-state index in [0.29, 0.717) is 0 Å². The van der Waals surface area contributed by atoms with Crippen LogP contribution in [0.2, 0.25) is 0 Å². The second-order valence-electron chi connectivity index (χ2n) is 4.82. The Hall–Kier alpha value is -1.68. The fraction of sp³-hybridized carbons (Fsp3) is 0.400. The summed E-state index contributed by atoms with van der Waals surface area (Å²) in [5, 5.41) is 7.80. The second kappa shape index (κ2) is 5.53. The lowest BCUT2D eigenvalue weighted by Crippen LogP contribution is -2.20. The molecule has 0 bridgehead atoms. The average Bonchev–Trinajstić information content (AvgIpc) is 2.68. The Morgan fingerprint density at radius 1 is 1.32 bits per heavy atom. The Balaban J connectivity index is 2.53. The maximum Gasteiger partial charge on any atom is 0.123 e. The highest BCUT2D eigenvalue weighted by atomic mass is 19.1. The van der Waals surface area contributed by atoms with E-state index in [4.69, 9.17) is 0 Å². The third-order valence-electron chi connectivity index (χ3n) is 3.20. The quantitative estimate of drug-likeness (QED) is 0.915. The van der Waals surface area contributed by atoms with Gasteiger partial charge in [0.25, 0.3) is 0 Å². The molecule has 3 nitrogen and oxygen atoms in total. The summed E-state index contributed by atoms with van der Waals surface area (Å²) in [5.41, 5.74) is 3.87. The first-order valence-electron chi connectivity index (χ1n) is 6.59. The molecule has 0 aliphatic rings. The molecule has 0 amide bonds. The van der Waals surface area contributed by atoms with Gasteiger partial charge in [0.15, 0.2) is 0 Å². The minimum Gasteiger partial charge on any atom is -0.310 e. The molecular formula is C15H20FN3. The van der Waals surface area contributed by atoms with Crippen molar-refractivity contribution in [1.82, 2.24) is 15.1 Å². The topological polar surface area (TPSA) is 29.9 Å². The second-order valence-corrected chi connectivity index (χ2v) is 4.82. The first kappa shape index (κ1) is 13.7. The van der Waals surface area contributed by atoms with Gasteiger partial charge in [0, 0.05) is 11.7 Å². The minimum absolute atomic E-state index is 0.0830. The summed E-state index contributed by atoms with van der Waals surface area (Å²) in [6.07, 6.45) is 0. The average molecular weight is 261 g/mol. The summed E-state index contributed by atoms with van der Waals surface area (Å²) in [7, 11) is 0. The van der Waals surface area contributed by atoms with Crippen molar-refractivity contribution in [3.05, 3.63) is 47.0 Å². The first-order chi connectivity index (χ1) is 9.02. The van der Waals surface area contributed by atoms with E-state index in [1.165, 1.54) is 6.07 Å². The van der Waals surface area contributed by atoms with E-state index >= 15 is 0 Å². The molecule has 0 saturated heterocycles. The molecule has 19 heavy (non-hydrogen) atoms. The Morgan fingerprint density at radius 2 is 2.05 bits per heavy atom. The van der Waals surface area contributed by atoms with Crippen molar-refractivity contribution in [1.29, 1.82) is 0 Å². The third-order valence-corrected chi connectivity index (χ3v) is 3.20. The molecule has 0 fully saturated rings. The highest BCUT2D eigenvalue weighted by Gasteiger charge is 2.14. The molecule has 1 aromatic heterocycles. The molecule has 2 rings (SSSR count). The van der Waals surface area contributed by atoms with Gasteiger partial charge in [-0.3, -0.25) is 0 Å². The molecular weight excluding hydrogens is 241 g/mol. The highest BCUT2D eigenvalue weighted by molar-refractivity contribution is 5.44. The maximum absolute atomic E-state index is 13.5. The minimum atomic E-state index is -0.218. The molecule has 4 heteroatoms. The molecule has 0 radical (unpaired) electrons. The van der Waals surface area contributed by atoms with Crippen molar-refractivity contribution in [3.8, 4) is 5.69 Å². The Kier molecular flexibility index (Phi) is 4.00. The van der Waals surface area contributed by atoms with Gasteiger partial charge in [-0.2, -0.15) is 5.10 Å². The number of aryl methyl sites for hydroxylation is 2. The smallest absolute Gasteiger partial charge is 0.123 e. The molecule has 0 saturated carbocycles. The largest absolute Gasteiger partial charge is 0.310 e. The Bertz CT molecular complexity index is 575. The van der Waals surface area contributed by atoms with Gasteiger partial charge in [-0.05, 0) is 57.1 Å². The van der Waals surface area contributed by atoms with Crippen LogP contribution in [0.1, 0.15) is 36.8 Å². The van der Waals surface area contributed by atoms with Crippen LogP contribution in [0.15, 0.2) is 24.3 Å². The number of hydrogen-bond acceptors (Lipinski definition) is 2. The van der Waals surface area contributed by atoms with Gasteiger partial charge in [-0.1, -0.05) is 6.92 Å². The van der Waals surface area contributed by atoms with E-state index in [-0.39, 0.29) is 11.9 Å². The van der Waals surface area contributed by atoms with E-state index < -0.39 is 0 Å². The van der Waals surface area contributed by atoms with E-state index in [2.05, 4.69) is 10.4 Å². The third kappa shape index (κ3) is 2.84. The molecule has 1 aromatic carbocycles. The molecule has 1 atom stereocenters. The van der Waals surface area contributed by atoms with Crippen LogP contribution in [0.25, 0.3) is 5.69 Å². The predicted octanol–water partition coefficient (Wildman–Crippen LogP) is 3.30. The van der Waals surface area contributed by atoms with Crippen LogP contribution >= 0.6 is 0 Å². The van der Waals surface area contributed by atoms with Crippen LogP contribution in [0.3, 0.4) is 0 Å². The van der Waals surface area contributed by atoms with Crippen LogP contribution in [-0.2, 0) is 0 Å². The van der Waals surface area contributed by atoms with Crippen molar-refractivity contribution in [2.24, 2.45) is 0 Å². The summed E-state index contributed by atoms with van der Waals surface area (Å²) in [6.45, 7) is 8.88. The monoisotopic (exact) mass is 261 g/mol. The van der Waals surface area contributed by atoms with E-state index in [0.717, 1.165) is 29.2 Å². The number of aromatic nitrogens is 2. The summed E-state index contributed by atoms with van der Waals surface area (Å²) < 4.78 is 15.4. The van der Waals surface area contributed by atoms with Crippen molar-refractivity contribution in [2.75, 3.05) is 6.54 Å². The molecule has 0 aliphatic heterocycles. The molecule has 0 spiro atoms. The molecule has 1 unspecified atom stereocenters. The number of nitrogens with one attached hydrogen (secondary N) is 1. The van der Waals surface area contributed by atoms with Crippen LogP contribution in [0, 0.1) is 19.7 Å². The van der Waals surface area contributed by atoms with Crippen LogP contribution in [0.5, 0.6) is 0 Å². The lowest BCUT2D eigenvalue weighted by atomic mass is 10.1. The van der Waals surface area contributed by atoms with Crippen molar-refractivity contribution < 1.29 is 4.39 Å². The van der Waals surface area contributed by atoms with Crippen LogP contribution in [0.4, 0.5) is 4.39 Å². The zero-order valence-corrected chi connectivity index (χ0v) is 11.9. The summed E-state index contributed by atoms with van der Waals surface area (Å²) in [5.74, 6) is -0.218. The van der Waals surface area contributed by atoms with Gasteiger partial charge in [0.05, 0.1) is 11.4 Å². The lowest BCUT2D eigenvalue weighted by molar-refractivity contribution is 0.577. The Morgan fingerprint density at radius 3 is 2.63 bits per heavy atom. The van der Waals surface area contributed by atoms with Gasteiger partial charge in [-0.15, -0.1) is 0 Å². The first-order valence-corrected chi connectivity index (χ1v) is 6.59. The SMILES string of the molecule is CCNC(C)c1cc(F)ccc1-n1nc(C)cc1C. The van der Waals surface area contributed by atoms with Crippen LogP contribution in [-0.4, -0.2) is 16.3 Å². The zero-order valence-electron chi connectivity index (χ0n) is 11.9. The van der Waals surface area contributed by atoms with Crippen molar-refractivity contribution >= 4 is 0 Å². The number of rotatable bonds is 4. The van der Waals surface area contributed by atoms with E-state index in [9.17, 15) is 4.39 Å². The molecule has 102 valence electrons. The molecule has 1 heterocycles. The zero-order chi connectivity index (χ0) is 14.0. The van der Waals surface area contributed by atoms with Gasteiger partial charge < -0.3 is 5.32 Å². The normalized spacial score (nSPS) is 12.7. The number of halogens is 1. The highest BCUT2D eigenvalue weighted by Crippen LogP contribution is 2.24. The number of hydrogen-bond donors (Lipinski definition) is 1. The van der Waals surface area contributed by atoms with Crippen LogP contribution < -0.4 is 5.32 Å². The van der Waals surface area contributed by atoms with E-state index in [1.807, 2.05) is 38.4 Å². The van der Waals surface area contributed by atoms with Gasteiger partial charge in [-0.25, -0.2) is 9.07 Å². The lowest BCUT2D eigenvalue weighted by Gasteiger charge is -2.18. The molecule has 1 N–H and O–H groups in total. The van der Waals surface area contributed by atoms with Gasteiger partial charge in [0.1, 0.15) is 5.82 Å². The number of benzene rings is 1. The standard InChI is InChI=1S/C15H20FN3/c1-5-17-12(4)14-9-13(16)6-7-15(14)19-11(3)8-10(2)18-19/h6-9,12,17H,5H2,1-4H3. The number of nitrogens with zero attached hydrogens (tertiary/aromatic N) is 2. The molecule has 0 aliphatic carbocycles. The predicted molar refractivity (Wildman–Crippen MR) is 75.1 cm³/mol. The van der Waals surface area contributed by atoms with E-state index in [1.54, 1.807) is 12.1 Å². The summed E-state index contributed by atoms with van der Waals surface area (Å²) >= 11 is 0. The van der Waals surface area contributed by atoms with Crippen molar-refractivity contribution in [3.63, 3.8) is 0 Å². The van der Waals surface area contributed by atoms with Crippen molar-refractivity contribution in [2.45, 2.75) is 33.7 Å². The molecule has 2 aromatic rings. The van der Waals surface area contributed by atoms with Gasteiger partial charge >= 0.3 is 0 Å².